The van der Waals surface area contributed by atoms with Crippen molar-refractivity contribution in [3.8, 4) is 0 Å². The number of likely N-dealkylation sites (tertiary alicyclic amines) is 1. The Morgan fingerprint density at radius 1 is 1.42 bits per heavy atom. The number of amides is 1. The standard InChI is InChI=1S/C17H24N4O4S/c1-13-16(5-11-25-13)17(22)20-7-4-15(12-20)21(26(3,23)24)10-9-19-8-6-18-14(19)2/h5-6,8,11,15H,4,7,9-10,12H2,1-3H3. The van der Waals surface area contributed by atoms with Crippen LogP contribution in [0.5, 0.6) is 0 Å². The Hall–Kier alpha value is -2.13. The van der Waals surface area contributed by atoms with E-state index in [0.717, 1.165) is 5.82 Å². The molecule has 0 radical (unpaired) electrons. The molecule has 3 rings (SSSR count). The molecule has 1 aliphatic rings. The fraction of sp³-hybridized carbons (Fsp3) is 0.529. The molecular weight excluding hydrogens is 356 g/mol. The fourth-order valence-electron chi connectivity index (χ4n) is 3.40. The molecular formula is C17H24N4O4S. The zero-order valence-electron chi connectivity index (χ0n) is 15.3. The second kappa shape index (κ2) is 7.24. The molecule has 0 saturated carbocycles. The summed E-state index contributed by atoms with van der Waals surface area (Å²) in [6.45, 7) is 5.44. The molecule has 1 unspecified atom stereocenters. The molecule has 0 aromatic carbocycles. The minimum Gasteiger partial charge on any atom is -0.469 e. The summed E-state index contributed by atoms with van der Waals surface area (Å²) in [5, 5.41) is 0. The Morgan fingerprint density at radius 2 is 2.19 bits per heavy atom. The maximum atomic E-state index is 12.6. The van der Waals surface area contributed by atoms with Crippen molar-refractivity contribution >= 4 is 15.9 Å². The van der Waals surface area contributed by atoms with Gasteiger partial charge >= 0.3 is 0 Å². The smallest absolute Gasteiger partial charge is 0.257 e. The number of carbonyl (C=O) groups excluding carboxylic acids is 1. The number of aryl methyl sites for hydroxylation is 2. The van der Waals surface area contributed by atoms with Crippen LogP contribution in [0.3, 0.4) is 0 Å². The van der Waals surface area contributed by atoms with E-state index in [9.17, 15) is 13.2 Å². The molecule has 3 heterocycles. The van der Waals surface area contributed by atoms with E-state index in [2.05, 4.69) is 4.98 Å². The number of nitrogens with zero attached hydrogens (tertiary/aromatic N) is 4. The lowest BCUT2D eigenvalue weighted by molar-refractivity contribution is 0.0782. The second-order valence-electron chi connectivity index (χ2n) is 6.63. The molecule has 2 aromatic heterocycles. The predicted molar refractivity (Wildman–Crippen MR) is 96.3 cm³/mol. The first kappa shape index (κ1) is 18.7. The summed E-state index contributed by atoms with van der Waals surface area (Å²) >= 11 is 0. The van der Waals surface area contributed by atoms with E-state index in [4.69, 9.17) is 4.42 Å². The molecule has 142 valence electrons. The molecule has 0 bridgehead atoms. The van der Waals surface area contributed by atoms with E-state index in [1.807, 2.05) is 17.7 Å². The average Bonchev–Trinajstić information content (AvgIpc) is 3.28. The van der Waals surface area contributed by atoms with Gasteiger partial charge in [0, 0.05) is 44.6 Å². The molecule has 0 spiro atoms. The fourth-order valence-corrected chi connectivity index (χ4v) is 4.53. The van der Waals surface area contributed by atoms with Crippen LogP contribution in [0.2, 0.25) is 0 Å². The maximum absolute atomic E-state index is 12.6. The quantitative estimate of drug-likeness (QED) is 0.753. The maximum Gasteiger partial charge on any atom is 0.257 e. The van der Waals surface area contributed by atoms with Gasteiger partial charge in [-0.15, -0.1) is 0 Å². The lowest BCUT2D eigenvalue weighted by Crippen LogP contribution is -2.43. The van der Waals surface area contributed by atoms with Crippen LogP contribution in [0, 0.1) is 13.8 Å². The van der Waals surface area contributed by atoms with Gasteiger partial charge in [-0.2, -0.15) is 4.31 Å². The van der Waals surface area contributed by atoms with E-state index in [1.54, 1.807) is 24.1 Å². The summed E-state index contributed by atoms with van der Waals surface area (Å²) in [6, 6.07) is 1.44. The van der Waals surface area contributed by atoms with Gasteiger partial charge in [-0.25, -0.2) is 13.4 Å². The van der Waals surface area contributed by atoms with E-state index in [0.29, 0.717) is 43.9 Å². The molecule has 9 heteroatoms. The van der Waals surface area contributed by atoms with E-state index in [-0.39, 0.29) is 11.9 Å². The van der Waals surface area contributed by atoms with Crippen LogP contribution in [-0.4, -0.2) is 65.0 Å². The summed E-state index contributed by atoms with van der Waals surface area (Å²) in [4.78, 5) is 18.5. The van der Waals surface area contributed by atoms with Crippen LogP contribution in [0.25, 0.3) is 0 Å². The van der Waals surface area contributed by atoms with E-state index < -0.39 is 10.0 Å². The summed E-state index contributed by atoms with van der Waals surface area (Å²) in [5.74, 6) is 1.31. The lowest BCUT2D eigenvalue weighted by atomic mass is 10.2. The summed E-state index contributed by atoms with van der Waals surface area (Å²) in [7, 11) is -3.38. The molecule has 26 heavy (non-hydrogen) atoms. The highest BCUT2D eigenvalue weighted by Crippen LogP contribution is 2.22. The first-order valence-corrected chi connectivity index (χ1v) is 10.4. The monoisotopic (exact) mass is 380 g/mol. The van der Waals surface area contributed by atoms with Crippen molar-refractivity contribution in [2.75, 3.05) is 25.9 Å². The van der Waals surface area contributed by atoms with E-state index >= 15 is 0 Å². The number of furan rings is 1. The summed E-state index contributed by atoms with van der Waals surface area (Å²) in [5.41, 5.74) is 0.533. The third-order valence-corrected chi connectivity index (χ3v) is 6.19. The van der Waals surface area contributed by atoms with Gasteiger partial charge in [0.15, 0.2) is 0 Å². The van der Waals surface area contributed by atoms with Crippen molar-refractivity contribution in [1.29, 1.82) is 0 Å². The highest BCUT2D eigenvalue weighted by Gasteiger charge is 2.35. The minimum absolute atomic E-state index is 0.113. The zero-order chi connectivity index (χ0) is 18.9. The van der Waals surface area contributed by atoms with Crippen molar-refractivity contribution in [1.82, 2.24) is 18.8 Å². The van der Waals surface area contributed by atoms with Crippen molar-refractivity contribution in [3.05, 3.63) is 41.9 Å². The van der Waals surface area contributed by atoms with Gasteiger partial charge in [0.05, 0.1) is 18.1 Å². The van der Waals surface area contributed by atoms with Crippen LogP contribution < -0.4 is 0 Å². The molecule has 1 aliphatic heterocycles. The molecule has 1 amide bonds. The molecule has 1 fully saturated rings. The first-order valence-electron chi connectivity index (χ1n) is 8.55. The van der Waals surface area contributed by atoms with E-state index in [1.165, 1.54) is 16.8 Å². The summed E-state index contributed by atoms with van der Waals surface area (Å²) < 4.78 is 33.2. The molecule has 1 atom stereocenters. The van der Waals surface area contributed by atoms with Crippen LogP contribution in [-0.2, 0) is 16.6 Å². The first-order chi connectivity index (χ1) is 12.3. The minimum atomic E-state index is -3.38. The van der Waals surface area contributed by atoms with Crippen LogP contribution in [0.1, 0.15) is 28.4 Å². The SMILES string of the molecule is Cc1occc1C(=O)N1CCC(N(CCn2ccnc2C)S(C)(=O)=O)C1. The van der Waals surface area contributed by atoms with Gasteiger partial charge in [0.25, 0.3) is 5.91 Å². The molecule has 8 nitrogen and oxygen atoms in total. The molecule has 0 aliphatic carbocycles. The van der Waals surface area contributed by atoms with Crippen molar-refractivity contribution < 1.29 is 17.6 Å². The Kier molecular flexibility index (Phi) is 5.19. The van der Waals surface area contributed by atoms with Gasteiger partial charge < -0.3 is 13.9 Å². The van der Waals surface area contributed by atoms with Gasteiger partial charge in [-0.3, -0.25) is 4.79 Å². The number of hydrogen-bond donors (Lipinski definition) is 0. The van der Waals surface area contributed by atoms with Gasteiger partial charge in [0.1, 0.15) is 11.6 Å². The van der Waals surface area contributed by atoms with Crippen LogP contribution >= 0.6 is 0 Å². The third kappa shape index (κ3) is 3.83. The molecule has 0 N–H and O–H groups in total. The van der Waals surface area contributed by atoms with Gasteiger partial charge in [-0.05, 0) is 26.3 Å². The molecule has 1 saturated heterocycles. The Balaban J connectivity index is 1.69. The lowest BCUT2D eigenvalue weighted by Gasteiger charge is -2.27. The second-order valence-corrected chi connectivity index (χ2v) is 8.56. The number of aromatic nitrogens is 2. The van der Waals surface area contributed by atoms with Gasteiger partial charge in [0.2, 0.25) is 10.0 Å². The summed E-state index contributed by atoms with van der Waals surface area (Å²) in [6.07, 6.45) is 6.87. The van der Waals surface area contributed by atoms with Crippen molar-refractivity contribution in [3.63, 3.8) is 0 Å². The predicted octanol–water partition coefficient (Wildman–Crippen LogP) is 1.27. The number of rotatable bonds is 6. The van der Waals surface area contributed by atoms with Gasteiger partial charge in [-0.1, -0.05) is 0 Å². The van der Waals surface area contributed by atoms with Crippen molar-refractivity contribution in [2.24, 2.45) is 0 Å². The average molecular weight is 380 g/mol. The third-order valence-electron chi connectivity index (χ3n) is 4.86. The Morgan fingerprint density at radius 3 is 2.77 bits per heavy atom. The number of sulfonamides is 1. The normalized spacial score (nSPS) is 18.0. The Bertz CT molecular complexity index is 886. The topological polar surface area (TPSA) is 88.7 Å². The number of hydrogen-bond acceptors (Lipinski definition) is 5. The number of imidazole rings is 1. The van der Waals surface area contributed by atoms with Crippen molar-refractivity contribution in [2.45, 2.75) is 32.9 Å². The largest absolute Gasteiger partial charge is 0.469 e. The van der Waals surface area contributed by atoms with Crippen LogP contribution in [0.4, 0.5) is 0 Å². The number of carbonyl (C=O) groups is 1. The Labute approximate surface area is 153 Å². The molecule has 2 aromatic rings. The van der Waals surface area contributed by atoms with Crippen LogP contribution in [0.15, 0.2) is 29.1 Å². The highest BCUT2D eigenvalue weighted by molar-refractivity contribution is 7.88. The highest BCUT2D eigenvalue weighted by atomic mass is 32.2. The zero-order valence-corrected chi connectivity index (χ0v) is 16.1.